The monoisotopic (exact) mass is 213 g/mol. The number of aromatic nitrogens is 2. The fourth-order valence-electron chi connectivity index (χ4n) is 1.22. The van der Waals surface area contributed by atoms with Gasteiger partial charge in [0.1, 0.15) is 0 Å². The van der Waals surface area contributed by atoms with E-state index >= 15 is 0 Å². The van der Waals surface area contributed by atoms with Crippen LogP contribution >= 0.6 is 0 Å². The predicted octanol–water partition coefficient (Wildman–Crippen LogP) is 0.761. The number of nitrogen functional groups attached to an aromatic ring is 1. The van der Waals surface area contributed by atoms with Gasteiger partial charge < -0.3 is 15.6 Å². The Labute approximate surface area is 87.6 Å². The third-order valence-corrected chi connectivity index (χ3v) is 2.15. The van der Waals surface area contributed by atoms with Crippen LogP contribution in [0.4, 0.5) is 5.69 Å². The van der Waals surface area contributed by atoms with Crippen molar-refractivity contribution in [2.24, 2.45) is 0 Å². The molecular weight excluding hydrogens is 198 g/mol. The van der Waals surface area contributed by atoms with E-state index in [2.05, 4.69) is 5.10 Å². The average Bonchev–Trinajstić information content (AvgIpc) is 2.56. The molecule has 0 radical (unpaired) electrons. The van der Waals surface area contributed by atoms with Gasteiger partial charge in [-0.3, -0.25) is 4.68 Å². The zero-order chi connectivity index (χ0) is 11.4. The van der Waals surface area contributed by atoms with Crippen LogP contribution in [-0.4, -0.2) is 34.6 Å². The Morgan fingerprint density at radius 1 is 1.80 bits per heavy atom. The highest BCUT2D eigenvalue weighted by molar-refractivity contribution is 5.91. The maximum Gasteiger partial charge on any atom is 0.358 e. The van der Waals surface area contributed by atoms with Gasteiger partial charge in [-0.05, 0) is 13.3 Å². The van der Waals surface area contributed by atoms with E-state index in [9.17, 15) is 4.79 Å². The van der Waals surface area contributed by atoms with Crippen molar-refractivity contribution in [2.75, 3.05) is 19.5 Å². The van der Waals surface area contributed by atoms with E-state index in [0.29, 0.717) is 6.61 Å². The van der Waals surface area contributed by atoms with E-state index in [4.69, 9.17) is 15.6 Å². The first kappa shape index (κ1) is 11.5. The molecule has 1 aromatic heterocycles. The summed E-state index contributed by atoms with van der Waals surface area (Å²) in [6, 6.07) is 0.0698. The molecule has 1 heterocycles. The normalized spacial score (nSPS) is 12.7. The number of carboxylic acid groups (broad SMARTS) is 1. The van der Waals surface area contributed by atoms with Gasteiger partial charge >= 0.3 is 5.97 Å². The highest BCUT2D eigenvalue weighted by atomic mass is 16.5. The molecule has 0 saturated heterocycles. The molecule has 1 unspecified atom stereocenters. The number of hydrogen-bond donors (Lipinski definition) is 2. The van der Waals surface area contributed by atoms with Crippen molar-refractivity contribution >= 4 is 11.7 Å². The summed E-state index contributed by atoms with van der Waals surface area (Å²) in [5, 5.41) is 12.7. The maximum atomic E-state index is 10.7. The van der Waals surface area contributed by atoms with Gasteiger partial charge in [-0.15, -0.1) is 0 Å². The number of hydrogen-bond acceptors (Lipinski definition) is 4. The highest BCUT2D eigenvalue weighted by Crippen LogP contribution is 2.15. The molecule has 0 aliphatic rings. The number of rotatable bonds is 5. The highest BCUT2D eigenvalue weighted by Gasteiger charge is 2.15. The Kier molecular flexibility index (Phi) is 3.68. The second-order valence-electron chi connectivity index (χ2n) is 3.35. The Morgan fingerprint density at radius 2 is 2.47 bits per heavy atom. The summed E-state index contributed by atoms with van der Waals surface area (Å²) in [6.45, 7) is 2.53. The van der Waals surface area contributed by atoms with E-state index in [1.54, 1.807) is 11.8 Å². The van der Waals surface area contributed by atoms with Crippen LogP contribution in [0.25, 0.3) is 0 Å². The first-order valence-corrected chi connectivity index (χ1v) is 4.63. The zero-order valence-corrected chi connectivity index (χ0v) is 8.80. The molecule has 1 aromatic rings. The summed E-state index contributed by atoms with van der Waals surface area (Å²) < 4.78 is 6.48. The molecule has 15 heavy (non-hydrogen) atoms. The van der Waals surface area contributed by atoms with Gasteiger partial charge in [-0.1, -0.05) is 0 Å². The molecule has 1 rings (SSSR count). The molecule has 6 nitrogen and oxygen atoms in total. The summed E-state index contributed by atoms with van der Waals surface area (Å²) in [4.78, 5) is 10.7. The number of carbonyl (C=O) groups is 1. The molecule has 0 saturated carbocycles. The lowest BCUT2D eigenvalue weighted by atomic mass is 10.2. The second kappa shape index (κ2) is 4.79. The molecule has 6 heteroatoms. The summed E-state index contributed by atoms with van der Waals surface area (Å²) >= 11 is 0. The number of nitrogens with zero attached hydrogens (tertiary/aromatic N) is 2. The molecule has 0 amide bonds. The smallest absolute Gasteiger partial charge is 0.358 e. The number of ether oxygens (including phenoxy) is 1. The largest absolute Gasteiger partial charge is 0.476 e. The van der Waals surface area contributed by atoms with Gasteiger partial charge in [-0.2, -0.15) is 5.10 Å². The average molecular weight is 213 g/mol. The number of methoxy groups -OCH3 is 1. The summed E-state index contributed by atoms with van der Waals surface area (Å²) in [7, 11) is 1.62. The van der Waals surface area contributed by atoms with Crippen molar-refractivity contribution in [3.8, 4) is 0 Å². The van der Waals surface area contributed by atoms with Gasteiger partial charge in [-0.25, -0.2) is 4.79 Å². The van der Waals surface area contributed by atoms with Crippen LogP contribution in [0.5, 0.6) is 0 Å². The fourth-order valence-corrected chi connectivity index (χ4v) is 1.22. The Balaban J connectivity index is 2.78. The van der Waals surface area contributed by atoms with Crippen LogP contribution in [0, 0.1) is 0 Å². The van der Waals surface area contributed by atoms with Crippen LogP contribution in [0.15, 0.2) is 6.20 Å². The molecule has 0 aliphatic carbocycles. The molecule has 0 aliphatic heterocycles. The van der Waals surface area contributed by atoms with Gasteiger partial charge in [0.05, 0.1) is 11.7 Å². The number of carboxylic acids is 1. The van der Waals surface area contributed by atoms with Crippen LogP contribution < -0.4 is 5.73 Å². The van der Waals surface area contributed by atoms with Crippen molar-refractivity contribution in [1.29, 1.82) is 0 Å². The van der Waals surface area contributed by atoms with Crippen molar-refractivity contribution in [3.63, 3.8) is 0 Å². The van der Waals surface area contributed by atoms with Crippen molar-refractivity contribution < 1.29 is 14.6 Å². The van der Waals surface area contributed by atoms with Crippen molar-refractivity contribution in [3.05, 3.63) is 11.9 Å². The molecular formula is C9H15N3O3. The van der Waals surface area contributed by atoms with E-state index in [-0.39, 0.29) is 17.4 Å². The third-order valence-electron chi connectivity index (χ3n) is 2.15. The van der Waals surface area contributed by atoms with Crippen LogP contribution in [0.2, 0.25) is 0 Å². The molecule has 0 aromatic carbocycles. The molecule has 1 atom stereocenters. The van der Waals surface area contributed by atoms with Crippen LogP contribution in [0.3, 0.4) is 0 Å². The molecule has 84 valence electrons. The van der Waals surface area contributed by atoms with Gasteiger partial charge in [0, 0.05) is 19.9 Å². The SMILES string of the molecule is COCCC(C)n1cc(N)c(C(=O)O)n1. The van der Waals surface area contributed by atoms with Crippen molar-refractivity contribution in [1.82, 2.24) is 9.78 Å². The first-order chi connectivity index (χ1) is 7.06. The number of aromatic carboxylic acids is 1. The first-order valence-electron chi connectivity index (χ1n) is 4.63. The fraction of sp³-hybridized carbons (Fsp3) is 0.556. The minimum Gasteiger partial charge on any atom is -0.476 e. The molecule has 0 fully saturated rings. The minimum absolute atomic E-state index is 0.0698. The zero-order valence-electron chi connectivity index (χ0n) is 8.80. The van der Waals surface area contributed by atoms with E-state index in [1.165, 1.54) is 6.20 Å². The third kappa shape index (κ3) is 2.69. The Morgan fingerprint density at radius 3 is 2.93 bits per heavy atom. The topological polar surface area (TPSA) is 90.4 Å². The minimum atomic E-state index is -1.11. The number of nitrogens with two attached hydrogens (primary N) is 1. The van der Waals surface area contributed by atoms with Crippen molar-refractivity contribution in [2.45, 2.75) is 19.4 Å². The lowest BCUT2D eigenvalue weighted by molar-refractivity contribution is 0.0690. The second-order valence-corrected chi connectivity index (χ2v) is 3.35. The Hall–Kier alpha value is -1.56. The summed E-state index contributed by atoms with van der Waals surface area (Å²) in [5.41, 5.74) is 5.60. The molecule has 0 spiro atoms. The lowest BCUT2D eigenvalue weighted by Gasteiger charge is -2.10. The number of anilines is 1. The van der Waals surface area contributed by atoms with E-state index < -0.39 is 5.97 Å². The maximum absolute atomic E-state index is 10.7. The van der Waals surface area contributed by atoms with Gasteiger partial charge in [0.15, 0.2) is 5.69 Å². The lowest BCUT2D eigenvalue weighted by Crippen LogP contribution is -2.09. The Bertz CT molecular complexity index is 348. The quantitative estimate of drug-likeness (QED) is 0.753. The van der Waals surface area contributed by atoms with E-state index in [0.717, 1.165) is 6.42 Å². The van der Waals surface area contributed by atoms with Crippen LogP contribution in [0.1, 0.15) is 29.9 Å². The van der Waals surface area contributed by atoms with Gasteiger partial charge in [0.25, 0.3) is 0 Å². The predicted molar refractivity (Wildman–Crippen MR) is 54.8 cm³/mol. The molecule has 3 N–H and O–H groups in total. The summed E-state index contributed by atoms with van der Waals surface area (Å²) in [6.07, 6.45) is 2.29. The van der Waals surface area contributed by atoms with Gasteiger partial charge in [0.2, 0.25) is 0 Å². The molecule has 0 bridgehead atoms. The van der Waals surface area contributed by atoms with E-state index in [1.807, 2.05) is 6.92 Å². The standard InChI is InChI=1S/C9H15N3O3/c1-6(3-4-15-2)12-5-7(10)8(11-12)9(13)14/h5-6H,3-4,10H2,1-2H3,(H,13,14). The summed E-state index contributed by atoms with van der Waals surface area (Å²) in [5.74, 6) is -1.11. The van der Waals surface area contributed by atoms with Crippen LogP contribution in [-0.2, 0) is 4.74 Å².